The van der Waals surface area contributed by atoms with Crippen LogP contribution in [0.1, 0.15) is 39.2 Å². The molecule has 0 bridgehead atoms. The number of nitrogens with zero attached hydrogens (tertiary/aromatic N) is 1. The second-order valence-electron chi connectivity index (χ2n) is 4.24. The van der Waals surface area contributed by atoms with E-state index in [0.29, 0.717) is 4.51 Å². The largest absolute Gasteiger partial charge is 0.382 e. The molecule has 0 spiro atoms. The first kappa shape index (κ1) is 17.3. The third kappa shape index (κ3) is 4.86. The molecule has 0 amide bonds. The molecular weight excluding hydrogens is 244 g/mol. The second kappa shape index (κ2) is 9.22. The summed E-state index contributed by atoms with van der Waals surface area (Å²) in [6, 6.07) is 0. The van der Waals surface area contributed by atoms with Gasteiger partial charge in [-0.25, -0.2) is 0 Å². The monoisotopic (exact) mass is 270 g/mol. The molecule has 0 unspecified atom stereocenters. The predicted octanol–water partition coefficient (Wildman–Crippen LogP) is 3.13. The summed E-state index contributed by atoms with van der Waals surface area (Å²) in [6.45, 7) is 11.1. The van der Waals surface area contributed by atoms with Crippen LogP contribution in [0.2, 0.25) is 0 Å². The third-order valence-electron chi connectivity index (χ3n) is 2.77. The highest BCUT2D eigenvalue weighted by Crippen LogP contribution is 2.13. The minimum atomic E-state index is 0.00872. The molecule has 0 aliphatic carbocycles. The lowest BCUT2D eigenvalue weighted by atomic mass is 10.1. The van der Waals surface area contributed by atoms with Crippen LogP contribution < -0.4 is 10.7 Å². The van der Waals surface area contributed by atoms with Gasteiger partial charge in [0.05, 0.1) is 10.2 Å². The fourth-order valence-corrected chi connectivity index (χ4v) is 1.98. The Hall–Kier alpha value is -0.740. The van der Waals surface area contributed by atoms with E-state index in [-0.39, 0.29) is 5.43 Å². The van der Waals surface area contributed by atoms with Crippen LogP contribution in [-0.4, -0.2) is 31.6 Å². The predicted molar refractivity (Wildman–Crippen MR) is 82.9 cm³/mol. The van der Waals surface area contributed by atoms with Gasteiger partial charge in [0.15, 0.2) is 0 Å². The van der Waals surface area contributed by atoms with E-state index in [1.807, 2.05) is 20.8 Å². The molecule has 0 saturated heterocycles. The van der Waals surface area contributed by atoms with Gasteiger partial charge in [-0.1, -0.05) is 33.0 Å². The quantitative estimate of drug-likeness (QED) is 0.609. The molecule has 0 heterocycles. The zero-order chi connectivity index (χ0) is 14.1. The van der Waals surface area contributed by atoms with E-state index in [2.05, 4.69) is 24.2 Å². The van der Waals surface area contributed by atoms with Crippen molar-refractivity contribution in [3.63, 3.8) is 0 Å². The fourth-order valence-electron chi connectivity index (χ4n) is 1.77. The van der Waals surface area contributed by atoms with Crippen LogP contribution in [0.25, 0.3) is 0 Å². The maximum absolute atomic E-state index is 11.3. The van der Waals surface area contributed by atoms with Crippen molar-refractivity contribution >= 4 is 17.9 Å². The van der Waals surface area contributed by atoms with Gasteiger partial charge in [0.1, 0.15) is 0 Å². The Morgan fingerprint density at radius 1 is 1.28 bits per heavy atom. The fraction of sp³-hybridized carbons (Fsp3) is 0.714. The molecule has 3 nitrogen and oxygen atoms in total. The highest BCUT2D eigenvalue weighted by molar-refractivity contribution is 7.71. The van der Waals surface area contributed by atoms with Crippen LogP contribution in [0.5, 0.6) is 0 Å². The van der Waals surface area contributed by atoms with Gasteiger partial charge in [-0.3, -0.25) is 4.79 Å². The summed E-state index contributed by atoms with van der Waals surface area (Å²) in [6.07, 6.45) is 2.23. The molecule has 4 heteroatoms. The van der Waals surface area contributed by atoms with Crippen LogP contribution in [0.3, 0.4) is 0 Å². The van der Waals surface area contributed by atoms with Gasteiger partial charge >= 0.3 is 0 Å². The Bertz CT molecular complexity index is 408. The molecule has 0 radical (unpaired) electrons. The molecular formula is C14H26N2OS. The van der Waals surface area contributed by atoms with Crippen LogP contribution in [0.15, 0.2) is 4.79 Å². The summed E-state index contributed by atoms with van der Waals surface area (Å²) in [5.74, 6) is 0. The van der Waals surface area contributed by atoms with Crippen LogP contribution in [0.4, 0.5) is 5.69 Å². The van der Waals surface area contributed by atoms with Crippen molar-refractivity contribution in [1.29, 1.82) is 0 Å². The maximum atomic E-state index is 11.3. The summed E-state index contributed by atoms with van der Waals surface area (Å²) < 4.78 is 0.491. The number of hydrogen-bond donors (Lipinski definition) is 1. The molecule has 1 rings (SSSR count). The smallest absolute Gasteiger partial charge is 0.220 e. The molecule has 1 aromatic rings. The van der Waals surface area contributed by atoms with Crippen LogP contribution >= 0.6 is 12.2 Å². The van der Waals surface area contributed by atoms with Gasteiger partial charge in [0.25, 0.3) is 0 Å². The van der Waals surface area contributed by atoms with Crippen molar-refractivity contribution in [2.45, 2.75) is 40.5 Å². The van der Waals surface area contributed by atoms with E-state index >= 15 is 0 Å². The molecule has 104 valence electrons. The Kier molecular flexibility index (Phi) is 8.85. The van der Waals surface area contributed by atoms with Gasteiger partial charge in [0.2, 0.25) is 5.43 Å². The minimum absolute atomic E-state index is 0.00872. The van der Waals surface area contributed by atoms with Crippen molar-refractivity contribution in [1.82, 2.24) is 4.90 Å². The maximum Gasteiger partial charge on any atom is 0.220 e. The molecule has 0 aliphatic heterocycles. The van der Waals surface area contributed by atoms with E-state index in [0.717, 1.165) is 37.3 Å². The van der Waals surface area contributed by atoms with Gasteiger partial charge in [-0.2, -0.15) is 0 Å². The molecule has 18 heavy (non-hydrogen) atoms. The number of anilines is 1. The van der Waals surface area contributed by atoms with Gasteiger partial charge < -0.3 is 10.2 Å². The van der Waals surface area contributed by atoms with Crippen LogP contribution in [0, 0.1) is 11.4 Å². The molecule has 0 saturated carbocycles. The minimum Gasteiger partial charge on any atom is -0.382 e. The third-order valence-corrected chi connectivity index (χ3v) is 3.26. The number of hydrogen-bond acceptors (Lipinski definition) is 4. The van der Waals surface area contributed by atoms with Gasteiger partial charge in [-0.15, -0.1) is 0 Å². The van der Waals surface area contributed by atoms with E-state index in [1.54, 1.807) is 0 Å². The lowest BCUT2D eigenvalue weighted by Crippen LogP contribution is -2.24. The summed E-state index contributed by atoms with van der Waals surface area (Å²) in [5, 5.41) is 3.16. The first-order valence-corrected chi connectivity index (χ1v) is 7.21. The molecule has 1 aromatic carbocycles. The zero-order valence-corrected chi connectivity index (χ0v) is 13.1. The number of rotatable bonds is 7. The van der Waals surface area contributed by atoms with Crippen LogP contribution in [-0.2, 0) is 0 Å². The lowest BCUT2D eigenvalue weighted by molar-refractivity contribution is 0.333. The normalized spacial score (nSPS) is 10.3. The van der Waals surface area contributed by atoms with E-state index < -0.39 is 0 Å². The van der Waals surface area contributed by atoms with Gasteiger partial charge in [0, 0.05) is 6.54 Å². The van der Waals surface area contributed by atoms with E-state index in [1.165, 1.54) is 6.42 Å². The summed E-state index contributed by atoms with van der Waals surface area (Å²) >= 11 is 4.91. The second-order valence-corrected chi connectivity index (χ2v) is 4.65. The van der Waals surface area contributed by atoms with E-state index in [4.69, 9.17) is 12.2 Å². The number of nitrogens with one attached hydrogen (secondary N) is 1. The Labute approximate surface area is 116 Å². The summed E-state index contributed by atoms with van der Waals surface area (Å²) in [5.41, 5.74) is 1.68. The first-order valence-electron chi connectivity index (χ1n) is 6.80. The Balaban J connectivity index is 0.00000137. The molecule has 0 aliphatic rings. The molecule has 0 fully saturated rings. The Morgan fingerprint density at radius 3 is 2.39 bits per heavy atom. The Morgan fingerprint density at radius 2 is 1.89 bits per heavy atom. The van der Waals surface area contributed by atoms with Crippen molar-refractivity contribution in [2.75, 3.05) is 32.0 Å². The standard InChI is InChI=1S/C12H20N2OS.C2H6/c1-4-7-14(3)8-5-6-13-10-9(2)12(16)11(10)15;1-2/h13H,4-8H2,1-3H3;1-2H3. The van der Waals surface area contributed by atoms with Crippen molar-refractivity contribution in [3.8, 4) is 0 Å². The molecule has 1 N–H and O–H groups in total. The topological polar surface area (TPSA) is 32.3 Å². The first-order chi connectivity index (χ1) is 8.57. The average molecular weight is 270 g/mol. The summed E-state index contributed by atoms with van der Waals surface area (Å²) in [4.78, 5) is 13.6. The molecule has 0 aromatic heterocycles. The lowest BCUT2D eigenvalue weighted by Gasteiger charge is -2.16. The van der Waals surface area contributed by atoms with Crippen molar-refractivity contribution < 1.29 is 0 Å². The SMILES string of the molecule is CC.CCCN(C)CCCNc1c(C)c(=S)c1=O. The van der Waals surface area contributed by atoms with Crippen molar-refractivity contribution in [2.24, 2.45) is 0 Å². The van der Waals surface area contributed by atoms with E-state index in [9.17, 15) is 4.79 Å². The molecule has 0 atom stereocenters. The van der Waals surface area contributed by atoms with Crippen molar-refractivity contribution in [3.05, 3.63) is 20.3 Å². The highest BCUT2D eigenvalue weighted by atomic mass is 32.1. The summed E-state index contributed by atoms with van der Waals surface area (Å²) in [7, 11) is 2.12. The highest BCUT2D eigenvalue weighted by Gasteiger charge is 2.12. The van der Waals surface area contributed by atoms with Gasteiger partial charge in [-0.05, 0) is 45.5 Å². The average Bonchev–Trinajstić information content (AvgIpc) is 2.40. The zero-order valence-electron chi connectivity index (χ0n) is 12.3.